The Kier molecular flexibility index (Phi) is 6.06. The summed E-state index contributed by atoms with van der Waals surface area (Å²) < 4.78 is 26.5. The van der Waals surface area contributed by atoms with Gasteiger partial charge in [-0.05, 0) is 54.8 Å². The number of hydrogen-bond acceptors (Lipinski definition) is 3. The summed E-state index contributed by atoms with van der Waals surface area (Å²) in [6.45, 7) is 4.26. The molecule has 0 aromatic heterocycles. The highest BCUT2D eigenvalue weighted by molar-refractivity contribution is 7.89. The first-order valence-electron chi connectivity index (χ1n) is 7.82. The highest BCUT2D eigenvalue weighted by atomic mass is 32.2. The van der Waals surface area contributed by atoms with Crippen molar-refractivity contribution in [1.82, 2.24) is 4.72 Å². The van der Waals surface area contributed by atoms with Gasteiger partial charge in [0, 0.05) is 12.1 Å². The third kappa shape index (κ3) is 4.63. The molecule has 2 aromatic rings. The number of hydrogen-bond donors (Lipinski definition) is 1. The molecule has 0 saturated heterocycles. The Bertz CT molecular complexity index is 837. The quantitative estimate of drug-likeness (QED) is 0.617. The first kappa shape index (κ1) is 18.1. The zero-order valence-electron chi connectivity index (χ0n) is 13.8. The standard InChI is InChI=1S/C19H21NO3S/c1-3-14-20-24(22,23)18-11-8-17(9-12-18)19(21)13-10-16-7-5-4-6-15(16)2/h4-13,20H,3,14H2,1-2H3. The van der Waals surface area contributed by atoms with Crippen molar-refractivity contribution >= 4 is 21.9 Å². The maximum absolute atomic E-state index is 12.2. The summed E-state index contributed by atoms with van der Waals surface area (Å²) in [7, 11) is -3.51. The van der Waals surface area contributed by atoms with Gasteiger partial charge in [-0.2, -0.15) is 0 Å². The lowest BCUT2D eigenvalue weighted by molar-refractivity contribution is 0.104. The number of carbonyl (C=O) groups is 1. The van der Waals surface area contributed by atoms with E-state index < -0.39 is 10.0 Å². The third-order valence-electron chi connectivity index (χ3n) is 3.59. The Balaban J connectivity index is 2.13. The topological polar surface area (TPSA) is 63.2 Å². The van der Waals surface area contributed by atoms with Crippen molar-refractivity contribution in [3.63, 3.8) is 0 Å². The van der Waals surface area contributed by atoms with Crippen LogP contribution >= 0.6 is 0 Å². The van der Waals surface area contributed by atoms with Crippen LogP contribution in [-0.4, -0.2) is 20.7 Å². The molecule has 0 unspecified atom stereocenters. The number of carbonyl (C=O) groups excluding carboxylic acids is 1. The van der Waals surface area contributed by atoms with Crippen molar-refractivity contribution in [2.75, 3.05) is 6.54 Å². The van der Waals surface area contributed by atoms with Gasteiger partial charge in [-0.25, -0.2) is 13.1 Å². The van der Waals surface area contributed by atoms with Gasteiger partial charge in [-0.3, -0.25) is 4.79 Å². The number of benzene rings is 2. The lowest BCUT2D eigenvalue weighted by atomic mass is 10.1. The average Bonchev–Trinajstić information content (AvgIpc) is 2.59. The van der Waals surface area contributed by atoms with E-state index in [1.165, 1.54) is 30.3 Å². The van der Waals surface area contributed by atoms with Crippen LogP contribution in [0.3, 0.4) is 0 Å². The van der Waals surface area contributed by atoms with E-state index in [-0.39, 0.29) is 10.7 Å². The van der Waals surface area contributed by atoms with E-state index in [0.29, 0.717) is 12.1 Å². The lowest BCUT2D eigenvalue weighted by Crippen LogP contribution is -2.24. The third-order valence-corrected chi connectivity index (χ3v) is 5.07. The molecule has 0 aliphatic carbocycles. The first-order valence-corrected chi connectivity index (χ1v) is 9.30. The zero-order chi connectivity index (χ0) is 17.6. The van der Waals surface area contributed by atoms with Crippen LogP contribution in [-0.2, 0) is 10.0 Å². The molecule has 2 aromatic carbocycles. The van der Waals surface area contributed by atoms with E-state index in [4.69, 9.17) is 0 Å². The lowest BCUT2D eigenvalue weighted by Gasteiger charge is -2.06. The molecule has 4 nitrogen and oxygen atoms in total. The highest BCUT2D eigenvalue weighted by Gasteiger charge is 2.13. The Morgan fingerprint density at radius 3 is 2.38 bits per heavy atom. The molecule has 0 aliphatic rings. The molecule has 0 radical (unpaired) electrons. The van der Waals surface area contributed by atoms with Crippen LogP contribution in [0.15, 0.2) is 59.5 Å². The molecular weight excluding hydrogens is 322 g/mol. The summed E-state index contributed by atoms with van der Waals surface area (Å²) in [6.07, 6.45) is 3.99. The molecule has 5 heteroatoms. The minimum absolute atomic E-state index is 0.162. The number of allylic oxidation sites excluding steroid dienone is 1. The smallest absolute Gasteiger partial charge is 0.240 e. The molecular formula is C19H21NO3S. The van der Waals surface area contributed by atoms with E-state index in [9.17, 15) is 13.2 Å². The Morgan fingerprint density at radius 2 is 1.75 bits per heavy atom. The van der Waals surface area contributed by atoms with Gasteiger partial charge in [0.1, 0.15) is 0 Å². The molecule has 0 saturated carbocycles. The normalized spacial score (nSPS) is 11.8. The molecule has 0 fully saturated rings. The maximum atomic E-state index is 12.2. The van der Waals surface area contributed by atoms with Gasteiger partial charge in [-0.15, -0.1) is 0 Å². The largest absolute Gasteiger partial charge is 0.289 e. The van der Waals surface area contributed by atoms with Crippen molar-refractivity contribution in [2.24, 2.45) is 0 Å². The van der Waals surface area contributed by atoms with Crippen LogP contribution in [0.4, 0.5) is 0 Å². The van der Waals surface area contributed by atoms with E-state index in [1.807, 2.05) is 38.1 Å². The Morgan fingerprint density at radius 1 is 1.08 bits per heavy atom. The van der Waals surface area contributed by atoms with E-state index in [2.05, 4.69) is 4.72 Å². The molecule has 0 atom stereocenters. The van der Waals surface area contributed by atoms with Crippen LogP contribution < -0.4 is 4.72 Å². The maximum Gasteiger partial charge on any atom is 0.240 e. The predicted octanol–water partition coefficient (Wildman–Crippen LogP) is 3.58. The minimum atomic E-state index is -3.51. The van der Waals surface area contributed by atoms with Crippen molar-refractivity contribution in [1.29, 1.82) is 0 Å². The summed E-state index contributed by atoms with van der Waals surface area (Å²) in [5.41, 5.74) is 2.52. The highest BCUT2D eigenvalue weighted by Crippen LogP contribution is 2.13. The fraction of sp³-hybridized carbons (Fsp3) is 0.211. The van der Waals surface area contributed by atoms with Gasteiger partial charge in [0.25, 0.3) is 0 Å². The summed E-state index contributed by atoms with van der Waals surface area (Å²) in [4.78, 5) is 12.4. The number of ketones is 1. The van der Waals surface area contributed by atoms with Gasteiger partial charge in [0.15, 0.2) is 5.78 Å². The molecule has 2 rings (SSSR count). The molecule has 0 bridgehead atoms. The summed E-state index contributed by atoms with van der Waals surface area (Å²) in [5.74, 6) is -0.163. The van der Waals surface area contributed by atoms with E-state index >= 15 is 0 Å². The second-order valence-corrected chi connectivity index (χ2v) is 7.24. The van der Waals surface area contributed by atoms with Crippen LogP contribution in [0, 0.1) is 6.92 Å². The number of nitrogens with one attached hydrogen (secondary N) is 1. The first-order chi connectivity index (χ1) is 11.4. The molecule has 24 heavy (non-hydrogen) atoms. The fourth-order valence-electron chi connectivity index (χ4n) is 2.15. The Hall–Kier alpha value is -2.24. The van der Waals surface area contributed by atoms with Crippen molar-refractivity contribution in [3.8, 4) is 0 Å². The zero-order valence-corrected chi connectivity index (χ0v) is 14.6. The Labute approximate surface area is 143 Å². The van der Waals surface area contributed by atoms with Crippen LogP contribution in [0.2, 0.25) is 0 Å². The van der Waals surface area contributed by atoms with Gasteiger partial charge in [-0.1, -0.05) is 37.3 Å². The molecule has 126 valence electrons. The van der Waals surface area contributed by atoms with Crippen molar-refractivity contribution in [3.05, 3.63) is 71.3 Å². The van der Waals surface area contributed by atoms with Gasteiger partial charge in [0.2, 0.25) is 10.0 Å². The van der Waals surface area contributed by atoms with Crippen LogP contribution in [0.5, 0.6) is 0 Å². The minimum Gasteiger partial charge on any atom is -0.289 e. The number of aryl methyl sites for hydroxylation is 1. The monoisotopic (exact) mass is 343 g/mol. The molecule has 0 amide bonds. The molecule has 0 aliphatic heterocycles. The molecule has 0 heterocycles. The van der Waals surface area contributed by atoms with E-state index in [0.717, 1.165) is 17.5 Å². The number of rotatable bonds is 7. The van der Waals surface area contributed by atoms with E-state index in [1.54, 1.807) is 6.08 Å². The number of sulfonamides is 1. The van der Waals surface area contributed by atoms with Crippen LogP contribution in [0.25, 0.3) is 6.08 Å². The summed E-state index contributed by atoms with van der Waals surface area (Å²) in [5, 5.41) is 0. The SMILES string of the molecule is CCCNS(=O)(=O)c1ccc(C(=O)C=Cc2ccccc2C)cc1. The average molecular weight is 343 g/mol. The van der Waals surface area contributed by atoms with Gasteiger partial charge >= 0.3 is 0 Å². The van der Waals surface area contributed by atoms with Gasteiger partial charge < -0.3 is 0 Å². The van der Waals surface area contributed by atoms with Crippen molar-refractivity contribution in [2.45, 2.75) is 25.2 Å². The predicted molar refractivity (Wildman–Crippen MR) is 96.5 cm³/mol. The van der Waals surface area contributed by atoms with Gasteiger partial charge in [0.05, 0.1) is 4.90 Å². The van der Waals surface area contributed by atoms with Crippen LogP contribution in [0.1, 0.15) is 34.8 Å². The second-order valence-electron chi connectivity index (χ2n) is 5.48. The second kappa shape index (κ2) is 8.04. The van der Waals surface area contributed by atoms with Crippen molar-refractivity contribution < 1.29 is 13.2 Å². The molecule has 0 spiro atoms. The summed E-state index contributed by atoms with van der Waals surface area (Å²) >= 11 is 0. The molecule has 1 N–H and O–H groups in total. The summed E-state index contributed by atoms with van der Waals surface area (Å²) in [6, 6.07) is 13.7. The fourth-order valence-corrected chi connectivity index (χ4v) is 3.29.